The van der Waals surface area contributed by atoms with Crippen LogP contribution in [-0.2, 0) is 56.5 Å². The summed E-state index contributed by atoms with van der Waals surface area (Å²) in [4.78, 5) is 0. The molecule has 4 aliphatic heterocycles. The van der Waals surface area contributed by atoms with Crippen molar-refractivity contribution in [2.24, 2.45) is 0 Å². The second kappa shape index (κ2) is 11.6. The maximum atomic E-state index is 10.8. The van der Waals surface area contributed by atoms with Gasteiger partial charge in [-0.2, -0.15) is 0 Å². The fourth-order valence-corrected chi connectivity index (χ4v) is 7.20. The molecule has 0 bridgehead atoms. The van der Waals surface area contributed by atoms with E-state index in [-0.39, 0.29) is 47.4 Å². The molecule has 8 rings (SSSR count). The highest BCUT2D eigenvalue weighted by atomic mass is 16.6. The van der Waals surface area contributed by atoms with Gasteiger partial charge in [-0.15, -0.1) is 0 Å². The van der Waals surface area contributed by atoms with Crippen LogP contribution in [0.2, 0.25) is 0 Å². The van der Waals surface area contributed by atoms with Gasteiger partial charge in [-0.1, -0.05) is 24.3 Å². The van der Waals surface area contributed by atoms with E-state index in [1.807, 2.05) is 48.5 Å². The number of hydrogen-bond acceptors (Lipinski definition) is 8. The van der Waals surface area contributed by atoms with Gasteiger partial charge in [0.15, 0.2) is 0 Å². The Morgan fingerprint density at radius 3 is 1.09 bits per heavy atom. The first kappa shape index (κ1) is 29.3. The zero-order valence-corrected chi connectivity index (χ0v) is 25.5. The van der Waals surface area contributed by atoms with Crippen LogP contribution in [0.25, 0.3) is 0 Å². The van der Waals surface area contributed by atoms with Gasteiger partial charge in [-0.05, 0) is 99.5 Å². The van der Waals surface area contributed by atoms with E-state index < -0.39 is 5.41 Å². The molecule has 8 heteroatoms. The van der Waals surface area contributed by atoms with Gasteiger partial charge >= 0.3 is 0 Å². The van der Waals surface area contributed by atoms with Crippen LogP contribution in [0.15, 0.2) is 72.8 Å². The van der Waals surface area contributed by atoms with Crippen molar-refractivity contribution in [3.05, 3.63) is 117 Å². The predicted molar refractivity (Wildman–Crippen MR) is 170 cm³/mol. The molecule has 4 aromatic rings. The monoisotopic (exact) mass is 622 g/mol. The molecule has 0 radical (unpaired) electrons. The zero-order chi connectivity index (χ0) is 31.4. The van der Waals surface area contributed by atoms with E-state index in [1.54, 1.807) is 24.3 Å². The summed E-state index contributed by atoms with van der Waals surface area (Å²) < 4.78 is 22.8. The minimum atomic E-state index is -0.857. The Bertz CT molecular complexity index is 1610. The van der Waals surface area contributed by atoms with Crippen LogP contribution in [0.3, 0.4) is 0 Å². The molecule has 4 fully saturated rings. The number of benzene rings is 4. The van der Waals surface area contributed by atoms with Crippen LogP contribution >= 0.6 is 0 Å². The summed E-state index contributed by atoms with van der Waals surface area (Å²) in [6, 6.07) is 22.4. The van der Waals surface area contributed by atoms with Gasteiger partial charge in [-0.25, -0.2) is 0 Å². The van der Waals surface area contributed by atoms with Crippen molar-refractivity contribution >= 4 is 0 Å². The topological polar surface area (TPSA) is 131 Å². The Hall–Kier alpha value is -4.08. The van der Waals surface area contributed by atoms with Crippen molar-refractivity contribution in [3.63, 3.8) is 0 Å². The first-order chi connectivity index (χ1) is 22.3. The van der Waals surface area contributed by atoms with Gasteiger partial charge in [0.1, 0.15) is 23.0 Å². The number of hydrogen-bond donors (Lipinski definition) is 4. The van der Waals surface area contributed by atoms with Crippen LogP contribution in [-0.4, -0.2) is 71.3 Å². The average molecular weight is 623 g/mol. The predicted octanol–water partition coefficient (Wildman–Crippen LogP) is 4.85. The Morgan fingerprint density at radius 2 is 0.739 bits per heavy atom. The third kappa shape index (κ3) is 6.18. The molecule has 4 N–H and O–H groups in total. The van der Waals surface area contributed by atoms with Crippen molar-refractivity contribution in [2.75, 3.05) is 26.4 Å². The first-order valence-corrected chi connectivity index (χ1v) is 16.1. The number of rotatable bonds is 13. The van der Waals surface area contributed by atoms with Crippen molar-refractivity contribution in [2.45, 2.75) is 61.9 Å². The Balaban J connectivity index is 1.44. The molecule has 4 saturated heterocycles. The Labute approximate surface area is 267 Å². The molecule has 0 saturated carbocycles. The molecular weight excluding hydrogens is 584 g/mol. The molecule has 0 aromatic heterocycles. The molecule has 0 spiro atoms. The quantitative estimate of drug-likeness (QED) is 0.123. The highest BCUT2D eigenvalue weighted by Crippen LogP contribution is 2.50. The fourth-order valence-electron chi connectivity index (χ4n) is 7.20. The molecule has 4 atom stereocenters. The lowest BCUT2D eigenvalue weighted by Crippen LogP contribution is -2.36. The summed E-state index contributed by atoms with van der Waals surface area (Å²) in [7, 11) is 0. The van der Waals surface area contributed by atoms with Crippen molar-refractivity contribution < 1.29 is 39.4 Å². The normalized spacial score (nSPS) is 23.9. The van der Waals surface area contributed by atoms with Gasteiger partial charge in [-0.3, -0.25) is 0 Å². The molecule has 4 unspecified atom stereocenters. The summed E-state index contributed by atoms with van der Waals surface area (Å²) in [5, 5.41) is 43.0. The smallest absolute Gasteiger partial charge is 0.115 e. The summed E-state index contributed by atoms with van der Waals surface area (Å²) >= 11 is 0. The SMILES string of the molecule is Oc1ccc(CC(c2ccc(O)cc2CC2CO2)(c2ccc(O)cc2CC2CO2)c2ccc(O)cc2CC2CO2)c(CC2CO2)c1. The van der Waals surface area contributed by atoms with Gasteiger partial charge in [0.2, 0.25) is 0 Å². The molecule has 46 heavy (non-hydrogen) atoms. The molecule has 4 aliphatic rings. The van der Waals surface area contributed by atoms with E-state index in [0.29, 0.717) is 58.5 Å². The summed E-state index contributed by atoms with van der Waals surface area (Å²) in [6.07, 6.45) is 3.36. The second-order valence-electron chi connectivity index (χ2n) is 13.2. The lowest BCUT2D eigenvalue weighted by atomic mass is 9.61. The van der Waals surface area contributed by atoms with Crippen LogP contribution in [0.4, 0.5) is 0 Å². The van der Waals surface area contributed by atoms with Crippen molar-refractivity contribution in [3.8, 4) is 23.0 Å². The van der Waals surface area contributed by atoms with Gasteiger partial charge < -0.3 is 39.4 Å². The molecule has 4 heterocycles. The van der Waals surface area contributed by atoms with Crippen LogP contribution in [0, 0.1) is 0 Å². The van der Waals surface area contributed by atoms with Gasteiger partial charge in [0.05, 0.1) is 50.8 Å². The van der Waals surface area contributed by atoms with Crippen molar-refractivity contribution in [1.29, 1.82) is 0 Å². The Kier molecular flexibility index (Phi) is 7.41. The van der Waals surface area contributed by atoms with Crippen molar-refractivity contribution in [1.82, 2.24) is 0 Å². The molecule has 8 nitrogen and oxygen atoms in total. The fraction of sp³-hybridized carbons (Fsp3) is 0.368. The lowest BCUT2D eigenvalue weighted by Gasteiger charge is -2.41. The number of phenols is 4. The van der Waals surface area contributed by atoms with Crippen LogP contribution < -0.4 is 0 Å². The minimum Gasteiger partial charge on any atom is -0.508 e. The molecular formula is C38H38O8. The van der Waals surface area contributed by atoms with E-state index >= 15 is 0 Å². The van der Waals surface area contributed by atoms with E-state index in [1.165, 1.54) is 0 Å². The highest BCUT2D eigenvalue weighted by Gasteiger charge is 2.44. The lowest BCUT2D eigenvalue weighted by molar-refractivity contribution is 0.402. The standard InChI is InChI=1S/C38H38O8/c39-27-2-1-22(23(9-27)13-31-18-43-31)17-38(35-6-3-28(40)10-24(35)14-32-19-44-32,36-7-4-29(41)11-25(36)15-33-20-45-33)37-8-5-30(42)12-26(37)16-34-21-46-34/h1-12,31-34,39-42H,13-21H2. The van der Waals surface area contributed by atoms with E-state index in [2.05, 4.69) is 0 Å². The van der Waals surface area contributed by atoms with Gasteiger partial charge in [0.25, 0.3) is 0 Å². The maximum Gasteiger partial charge on any atom is 0.115 e. The number of phenolic OH excluding ortho intramolecular Hbond substituents is 4. The van der Waals surface area contributed by atoms with E-state index in [9.17, 15) is 20.4 Å². The molecule has 0 amide bonds. The average Bonchev–Trinajstić information content (AvgIpc) is 3.82. The maximum absolute atomic E-state index is 10.8. The summed E-state index contributed by atoms with van der Waals surface area (Å²) in [5.41, 5.74) is 7.14. The first-order valence-electron chi connectivity index (χ1n) is 16.1. The van der Waals surface area contributed by atoms with Crippen LogP contribution in [0.5, 0.6) is 23.0 Å². The molecule has 4 aromatic carbocycles. The Morgan fingerprint density at radius 1 is 0.435 bits per heavy atom. The van der Waals surface area contributed by atoms with E-state index in [0.717, 1.165) is 44.5 Å². The summed E-state index contributed by atoms with van der Waals surface area (Å²) in [5.74, 6) is 0.742. The third-order valence-electron chi connectivity index (χ3n) is 9.69. The molecule has 238 valence electrons. The van der Waals surface area contributed by atoms with Gasteiger partial charge in [0, 0.05) is 31.1 Å². The van der Waals surface area contributed by atoms with Crippen LogP contribution in [0.1, 0.15) is 44.5 Å². The summed E-state index contributed by atoms with van der Waals surface area (Å²) in [6.45, 7) is 2.69. The zero-order valence-electron chi connectivity index (χ0n) is 25.5. The third-order valence-corrected chi connectivity index (χ3v) is 9.69. The number of epoxide rings is 4. The number of aromatic hydroxyl groups is 4. The largest absolute Gasteiger partial charge is 0.508 e. The highest BCUT2D eigenvalue weighted by molar-refractivity contribution is 5.62. The molecule has 0 aliphatic carbocycles. The number of ether oxygens (including phenoxy) is 4. The van der Waals surface area contributed by atoms with E-state index in [4.69, 9.17) is 18.9 Å². The second-order valence-corrected chi connectivity index (χ2v) is 13.2. The minimum absolute atomic E-state index is 0.0628.